The van der Waals surface area contributed by atoms with Gasteiger partial charge in [-0.1, -0.05) is 0 Å². The van der Waals surface area contributed by atoms with E-state index in [0.717, 1.165) is 5.56 Å². The van der Waals surface area contributed by atoms with Crippen molar-refractivity contribution in [3.63, 3.8) is 0 Å². The van der Waals surface area contributed by atoms with Crippen LogP contribution < -0.4 is 19.5 Å². The molecule has 0 spiro atoms. The van der Waals surface area contributed by atoms with Crippen LogP contribution in [0.3, 0.4) is 0 Å². The summed E-state index contributed by atoms with van der Waals surface area (Å²) in [6, 6.07) is 8.77. The summed E-state index contributed by atoms with van der Waals surface area (Å²) in [5.41, 5.74) is 0.740. The van der Waals surface area contributed by atoms with Crippen molar-refractivity contribution in [2.75, 3.05) is 27.9 Å². The van der Waals surface area contributed by atoms with Crippen molar-refractivity contribution in [1.29, 1.82) is 0 Å². The normalized spacial score (nSPS) is 12.0. The number of rotatable bonds is 9. The highest BCUT2D eigenvalue weighted by Crippen LogP contribution is 2.38. The van der Waals surface area contributed by atoms with Crippen LogP contribution in [0.15, 0.2) is 59.5 Å². The molecule has 8 nitrogen and oxygen atoms in total. The molecule has 0 saturated carbocycles. The minimum Gasteiger partial charge on any atom is -0.493 e. The molecule has 3 aromatic rings. The van der Waals surface area contributed by atoms with Crippen molar-refractivity contribution >= 4 is 12.0 Å². The first-order valence-corrected chi connectivity index (χ1v) is 8.94. The van der Waals surface area contributed by atoms with Crippen LogP contribution in [0.4, 0.5) is 0 Å². The molecule has 0 aliphatic carbocycles. The summed E-state index contributed by atoms with van der Waals surface area (Å²) in [7, 11) is 4.63. The van der Waals surface area contributed by atoms with Gasteiger partial charge in [-0.15, -0.1) is 0 Å². The molecule has 0 aliphatic rings. The van der Waals surface area contributed by atoms with Crippen molar-refractivity contribution in [3.05, 3.63) is 66.4 Å². The fraction of sp³-hybridized carbons (Fsp3) is 0.238. The maximum atomic E-state index is 12.3. The molecule has 1 aromatic carbocycles. The lowest BCUT2D eigenvalue weighted by atomic mass is 10.1. The predicted octanol–water partition coefficient (Wildman–Crippen LogP) is 2.92. The van der Waals surface area contributed by atoms with E-state index >= 15 is 0 Å². The van der Waals surface area contributed by atoms with E-state index in [2.05, 4.69) is 10.4 Å². The molecular weight excluding hydrogens is 374 g/mol. The number of benzene rings is 1. The average Bonchev–Trinajstić information content (AvgIpc) is 3.46. The number of carbonyl (C=O) groups is 1. The fourth-order valence-electron chi connectivity index (χ4n) is 2.90. The Hall–Kier alpha value is -3.68. The fourth-order valence-corrected chi connectivity index (χ4v) is 2.90. The van der Waals surface area contributed by atoms with Gasteiger partial charge in [0.05, 0.1) is 27.6 Å². The molecule has 152 valence electrons. The second-order valence-corrected chi connectivity index (χ2v) is 6.05. The Balaban J connectivity index is 1.69. The number of hydrogen-bond donors (Lipinski definition) is 1. The van der Waals surface area contributed by atoms with E-state index in [0.29, 0.717) is 29.6 Å². The standard InChI is InChI=1S/C21H23N3O5/c1-26-18-12-15(13-19(27-2)21(18)28-3)7-8-20(25)22-14-16(17-6-4-11-29-17)24-10-5-9-23-24/h4-13,16H,14H2,1-3H3,(H,22,25)/b8-7+. The minimum atomic E-state index is -0.248. The molecule has 0 radical (unpaired) electrons. The maximum absolute atomic E-state index is 12.3. The van der Waals surface area contributed by atoms with Crippen LogP contribution in [0, 0.1) is 0 Å². The summed E-state index contributed by atoms with van der Waals surface area (Å²) in [4.78, 5) is 12.3. The number of nitrogens with zero attached hydrogens (tertiary/aromatic N) is 2. The number of aromatic nitrogens is 2. The number of furan rings is 1. The van der Waals surface area contributed by atoms with E-state index < -0.39 is 0 Å². The molecule has 0 bridgehead atoms. The highest BCUT2D eigenvalue weighted by Gasteiger charge is 2.17. The van der Waals surface area contributed by atoms with E-state index in [9.17, 15) is 4.79 Å². The first kappa shape index (κ1) is 20.1. The predicted molar refractivity (Wildman–Crippen MR) is 107 cm³/mol. The zero-order chi connectivity index (χ0) is 20.6. The van der Waals surface area contributed by atoms with Gasteiger partial charge < -0.3 is 23.9 Å². The largest absolute Gasteiger partial charge is 0.493 e. The maximum Gasteiger partial charge on any atom is 0.244 e. The number of ether oxygens (including phenoxy) is 3. The molecule has 29 heavy (non-hydrogen) atoms. The van der Waals surface area contributed by atoms with Crippen molar-refractivity contribution < 1.29 is 23.4 Å². The van der Waals surface area contributed by atoms with Gasteiger partial charge in [-0.25, -0.2) is 0 Å². The van der Waals surface area contributed by atoms with Gasteiger partial charge in [-0.2, -0.15) is 5.10 Å². The first-order chi connectivity index (χ1) is 14.2. The summed E-state index contributed by atoms with van der Waals surface area (Å²) < 4.78 is 23.2. The van der Waals surface area contributed by atoms with Crippen LogP contribution in [0.1, 0.15) is 17.4 Å². The molecule has 3 rings (SSSR count). The second-order valence-electron chi connectivity index (χ2n) is 6.05. The summed E-state index contributed by atoms with van der Waals surface area (Å²) in [5.74, 6) is 1.99. The van der Waals surface area contributed by atoms with Gasteiger partial charge in [0, 0.05) is 25.0 Å². The minimum absolute atomic E-state index is 0.237. The van der Waals surface area contributed by atoms with E-state index in [4.69, 9.17) is 18.6 Å². The number of hydrogen-bond acceptors (Lipinski definition) is 6. The molecule has 8 heteroatoms. The smallest absolute Gasteiger partial charge is 0.244 e. The number of methoxy groups -OCH3 is 3. The van der Waals surface area contributed by atoms with Gasteiger partial charge in [0.15, 0.2) is 11.5 Å². The van der Waals surface area contributed by atoms with Gasteiger partial charge >= 0.3 is 0 Å². The third-order valence-electron chi connectivity index (χ3n) is 4.30. The highest BCUT2D eigenvalue weighted by atomic mass is 16.5. The number of nitrogens with one attached hydrogen (secondary N) is 1. The molecule has 1 atom stereocenters. The number of amides is 1. The Kier molecular flexibility index (Phi) is 6.57. The topological polar surface area (TPSA) is 87.8 Å². The quantitative estimate of drug-likeness (QED) is 0.559. The van der Waals surface area contributed by atoms with Crippen molar-refractivity contribution in [2.24, 2.45) is 0 Å². The summed E-state index contributed by atoms with van der Waals surface area (Å²) >= 11 is 0. The zero-order valence-electron chi connectivity index (χ0n) is 16.5. The Bertz CT molecular complexity index is 890. The molecule has 2 heterocycles. The lowest BCUT2D eigenvalue weighted by molar-refractivity contribution is -0.116. The van der Waals surface area contributed by atoms with Gasteiger partial charge in [-0.05, 0) is 42.0 Å². The van der Waals surface area contributed by atoms with E-state index in [1.807, 2.05) is 18.3 Å². The second kappa shape index (κ2) is 9.50. The van der Waals surface area contributed by atoms with Crippen LogP contribution in [-0.4, -0.2) is 43.6 Å². The van der Waals surface area contributed by atoms with Gasteiger partial charge in [0.25, 0.3) is 0 Å². The van der Waals surface area contributed by atoms with E-state index in [1.165, 1.54) is 6.08 Å². The third kappa shape index (κ3) is 4.78. The van der Waals surface area contributed by atoms with Crippen LogP contribution in [0.25, 0.3) is 6.08 Å². The van der Waals surface area contributed by atoms with Crippen molar-refractivity contribution in [3.8, 4) is 17.2 Å². The van der Waals surface area contributed by atoms with Crippen LogP contribution in [0.2, 0.25) is 0 Å². The molecule has 1 amide bonds. The third-order valence-corrected chi connectivity index (χ3v) is 4.30. The lowest BCUT2D eigenvalue weighted by Gasteiger charge is -2.15. The molecule has 1 N–H and O–H groups in total. The molecule has 0 saturated heterocycles. The molecular formula is C21H23N3O5. The Morgan fingerprint density at radius 1 is 1.21 bits per heavy atom. The highest BCUT2D eigenvalue weighted by molar-refractivity contribution is 5.91. The zero-order valence-corrected chi connectivity index (χ0v) is 16.5. The van der Waals surface area contributed by atoms with Crippen molar-refractivity contribution in [1.82, 2.24) is 15.1 Å². The van der Waals surface area contributed by atoms with Crippen LogP contribution >= 0.6 is 0 Å². The molecule has 0 aliphatic heterocycles. The first-order valence-electron chi connectivity index (χ1n) is 8.94. The van der Waals surface area contributed by atoms with Crippen LogP contribution in [0.5, 0.6) is 17.2 Å². The monoisotopic (exact) mass is 397 g/mol. The van der Waals surface area contributed by atoms with E-state index in [-0.39, 0.29) is 11.9 Å². The Morgan fingerprint density at radius 2 is 1.97 bits per heavy atom. The Morgan fingerprint density at radius 3 is 2.52 bits per heavy atom. The Labute approximate surface area is 168 Å². The van der Waals surface area contributed by atoms with Crippen molar-refractivity contribution in [2.45, 2.75) is 6.04 Å². The SMILES string of the molecule is COc1cc(/C=C/C(=O)NCC(c2ccco2)n2cccn2)cc(OC)c1OC. The average molecular weight is 397 g/mol. The van der Waals surface area contributed by atoms with Gasteiger partial charge in [0.1, 0.15) is 11.8 Å². The van der Waals surface area contributed by atoms with Crippen LogP contribution in [-0.2, 0) is 4.79 Å². The summed E-state index contributed by atoms with van der Waals surface area (Å²) in [6.45, 7) is 0.327. The molecule has 0 fully saturated rings. The van der Waals surface area contributed by atoms with Gasteiger partial charge in [-0.3, -0.25) is 9.48 Å². The molecule has 2 aromatic heterocycles. The van der Waals surface area contributed by atoms with Gasteiger partial charge in [0.2, 0.25) is 11.7 Å². The van der Waals surface area contributed by atoms with E-state index in [1.54, 1.807) is 62.7 Å². The number of carbonyl (C=O) groups excluding carboxylic acids is 1. The molecule has 1 unspecified atom stereocenters. The summed E-state index contributed by atoms with van der Waals surface area (Å²) in [5, 5.41) is 7.12. The summed E-state index contributed by atoms with van der Waals surface area (Å²) in [6.07, 6.45) is 8.23. The lowest BCUT2D eigenvalue weighted by Crippen LogP contribution is -2.30.